The maximum absolute atomic E-state index is 11.1. The monoisotopic (exact) mass is 355 g/mol. The van der Waals surface area contributed by atoms with Gasteiger partial charge in [0.25, 0.3) is 5.91 Å². The fraction of sp³-hybridized carbons (Fsp3) is 0.400. The molecule has 0 aliphatic carbocycles. The van der Waals surface area contributed by atoms with Gasteiger partial charge in [-0.1, -0.05) is 6.07 Å². The summed E-state index contributed by atoms with van der Waals surface area (Å²) in [5, 5.41) is 9.46. The average Bonchev–Trinajstić information content (AvgIpc) is 2.67. The number of hydrogen-bond donors (Lipinski definition) is 2. The van der Waals surface area contributed by atoms with E-state index in [0.29, 0.717) is 18.2 Å². The van der Waals surface area contributed by atoms with Crippen molar-refractivity contribution in [2.45, 2.75) is 19.4 Å². The van der Waals surface area contributed by atoms with E-state index in [-0.39, 0.29) is 13.2 Å². The Kier molecular flexibility index (Phi) is 6.20. The van der Waals surface area contributed by atoms with Gasteiger partial charge in [0.2, 0.25) is 0 Å². The highest BCUT2D eigenvalue weighted by Gasteiger charge is 2.20. The molecule has 0 spiro atoms. The van der Waals surface area contributed by atoms with Crippen molar-refractivity contribution >= 4 is 5.91 Å². The highest BCUT2D eigenvalue weighted by Crippen LogP contribution is 2.28. The summed E-state index contributed by atoms with van der Waals surface area (Å²) in [6.45, 7) is 2.62. The molecule has 3 N–H and O–H groups in total. The van der Waals surface area contributed by atoms with Crippen LogP contribution >= 0.6 is 0 Å². The van der Waals surface area contributed by atoms with E-state index < -0.39 is 5.91 Å². The molecule has 2 heterocycles. The number of hydrogen-bond acceptors (Lipinski definition) is 5. The SMILES string of the molecule is NC(=O)COc1ccc(-c2ccccn2)cc1CN1CCCC(CO)C1. The zero-order valence-corrected chi connectivity index (χ0v) is 14.8. The van der Waals surface area contributed by atoms with Crippen molar-refractivity contribution in [1.82, 2.24) is 9.88 Å². The lowest BCUT2D eigenvalue weighted by Crippen LogP contribution is -2.36. The first-order valence-electron chi connectivity index (χ1n) is 8.94. The largest absolute Gasteiger partial charge is 0.483 e. The van der Waals surface area contributed by atoms with Gasteiger partial charge in [-0.05, 0) is 55.6 Å². The van der Waals surface area contributed by atoms with Gasteiger partial charge in [0.15, 0.2) is 6.61 Å². The Balaban J connectivity index is 1.84. The third-order valence-corrected chi connectivity index (χ3v) is 4.65. The van der Waals surface area contributed by atoms with Gasteiger partial charge in [-0.15, -0.1) is 0 Å². The molecule has 6 nitrogen and oxygen atoms in total. The standard InChI is InChI=1S/C20H25N3O3/c21-20(25)14-26-19-7-6-16(18-5-1-2-8-22-18)10-17(19)12-23-9-3-4-15(11-23)13-24/h1-2,5-8,10,15,24H,3-4,9,11-14H2,(H2,21,25). The molecule has 3 rings (SSSR count). The van der Waals surface area contributed by atoms with Crippen LogP contribution in [-0.4, -0.2) is 47.2 Å². The van der Waals surface area contributed by atoms with E-state index in [0.717, 1.165) is 42.8 Å². The molecule has 0 radical (unpaired) electrons. The number of primary amides is 1. The van der Waals surface area contributed by atoms with Gasteiger partial charge in [-0.25, -0.2) is 0 Å². The number of pyridine rings is 1. The molecule has 1 aliphatic heterocycles. The summed E-state index contributed by atoms with van der Waals surface area (Å²) in [6.07, 6.45) is 3.90. The molecule has 1 aromatic heterocycles. The number of likely N-dealkylation sites (tertiary alicyclic amines) is 1. The highest BCUT2D eigenvalue weighted by atomic mass is 16.5. The fourth-order valence-corrected chi connectivity index (χ4v) is 3.37. The smallest absolute Gasteiger partial charge is 0.255 e. The number of benzene rings is 1. The molecule has 1 amide bonds. The number of amides is 1. The maximum Gasteiger partial charge on any atom is 0.255 e. The maximum atomic E-state index is 11.1. The van der Waals surface area contributed by atoms with Crippen LogP contribution in [0.3, 0.4) is 0 Å². The molecule has 1 aliphatic rings. The van der Waals surface area contributed by atoms with Crippen LogP contribution < -0.4 is 10.5 Å². The Hall–Kier alpha value is -2.44. The Labute approximate surface area is 153 Å². The van der Waals surface area contributed by atoms with Gasteiger partial charge >= 0.3 is 0 Å². The lowest BCUT2D eigenvalue weighted by molar-refractivity contribution is -0.119. The van der Waals surface area contributed by atoms with Crippen LogP contribution in [0.2, 0.25) is 0 Å². The number of carbonyl (C=O) groups is 1. The third-order valence-electron chi connectivity index (χ3n) is 4.65. The predicted molar refractivity (Wildman–Crippen MR) is 99.4 cm³/mol. The Bertz CT molecular complexity index is 736. The molecule has 6 heteroatoms. The Morgan fingerprint density at radius 2 is 2.23 bits per heavy atom. The zero-order valence-electron chi connectivity index (χ0n) is 14.8. The number of nitrogens with zero attached hydrogens (tertiary/aromatic N) is 2. The second-order valence-electron chi connectivity index (χ2n) is 6.72. The van der Waals surface area contributed by atoms with Crippen LogP contribution in [0.15, 0.2) is 42.6 Å². The minimum atomic E-state index is -0.497. The summed E-state index contributed by atoms with van der Waals surface area (Å²) in [7, 11) is 0. The van der Waals surface area contributed by atoms with E-state index in [1.165, 1.54) is 0 Å². The number of carbonyl (C=O) groups excluding carboxylic acids is 1. The molecule has 2 aromatic rings. The van der Waals surface area contributed by atoms with Crippen LogP contribution in [0.1, 0.15) is 18.4 Å². The average molecular weight is 355 g/mol. The molecule has 1 unspecified atom stereocenters. The van der Waals surface area contributed by atoms with Gasteiger partial charge < -0.3 is 15.6 Å². The van der Waals surface area contributed by atoms with Gasteiger partial charge in [-0.2, -0.15) is 0 Å². The normalized spacial score (nSPS) is 17.8. The Morgan fingerprint density at radius 3 is 2.96 bits per heavy atom. The number of ether oxygens (including phenoxy) is 1. The second-order valence-corrected chi connectivity index (χ2v) is 6.72. The number of nitrogens with two attached hydrogens (primary N) is 1. The van der Waals surface area contributed by atoms with Crippen molar-refractivity contribution in [1.29, 1.82) is 0 Å². The summed E-state index contributed by atoms with van der Waals surface area (Å²) >= 11 is 0. The van der Waals surface area contributed by atoms with Gasteiger partial charge in [0.1, 0.15) is 5.75 Å². The van der Waals surface area contributed by atoms with Crippen LogP contribution in [0.4, 0.5) is 0 Å². The van der Waals surface area contributed by atoms with Crippen molar-refractivity contribution in [3.05, 3.63) is 48.2 Å². The van der Waals surface area contributed by atoms with Crippen molar-refractivity contribution in [3.63, 3.8) is 0 Å². The summed E-state index contributed by atoms with van der Waals surface area (Å²) in [6, 6.07) is 11.7. The van der Waals surface area contributed by atoms with Gasteiger partial charge in [-0.3, -0.25) is 14.7 Å². The van der Waals surface area contributed by atoms with E-state index in [1.807, 2.05) is 30.3 Å². The molecule has 0 saturated carbocycles. The summed E-state index contributed by atoms with van der Waals surface area (Å²) in [4.78, 5) is 17.8. The van der Waals surface area contributed by atoms with E-state index in [4.69, 9.17) is 10.5 Å². The number of piperidine rings is 1. The second kappa shape index (κ2) is 8.78. The summed E-state index contributed by atoms with van der Waals surface area (Å²) in [5.74, 6) is 0.482. The van der Waals surface area contributed by atoms with E-state index in [1.54, 1.807) is 6.20 Å². The van der Waals surface area contributed by atoms with Crippen LogP contribution in [0.5, 0.6) is 5.75 Å². The fourth-order valence-electron chi connectivity index (χ4n) is 3.37. The Morgan fingerprint density at radius 1 is 1.35 bits per heavy atom. The van der Waals surface area contributed by atoms with E-state index >= 15 is 0 Å². The van der Waals surface area contributed by atoms with Gasteiger partial charge in [0.05, 0.1) is 5.69 Å². The van der Waals surface area contributed by atoms with Crippen molar-refractivity contribution in [2.75, 3.05) is 26.3 Å². The first kappa shape index (κ1) is 18.4. The molecule has 1 aromatic carbocycles. The van der Waals surface area contributed by atoms with Crippen LogP contribution in [0, 0.1) is 5.92 Å². The zero-order chi connectivity index (χ0) is 18.4. The highest BCUT2D eigenvalue weighted by molar-refractivity contribution is 5.75. The molecular weight excluding hydrogens is 330 g/mol. The molecular formula is C20H25N3O3. The number of aliphatic hydroxyl groups excluding tert-OH is 1. The quantitative estimate of drug-likeness (QED) is 0.791. The van der Waals surface area contributed by atoms with E-state index in [2.05, 4.69) is 16.0 Å². The predicted octanol–water partition coefficient (Wildman–Crippen LogP) is 1.82. The first-order valence-corrected chi connectivity index (χ1v) is 8.94. The van der Waals surface area contributed by atoms with Crippen molar-refractivity contribution in [2.24, 2.45) is 11.7 Å². The topological polar surface area (TPSA) is 88.7 Å². The minimum absolute atomic E-state index is 0.144. The van der Waals surface area contributed by atoms with Crippen LogP contribution in [-0.2, 0) is 11.3 Å². The number of aromatic nitrogens is 1. The third kappa shape index (κ3) is 4.80. The van der Waals surface area contributed by atoms with Gasteiger partial charge in [0, 0.05) is 37.0 Å². The van der Waals surface area contributed by atoms with Crippen molar-refractivity contribution < 1.29 is 14.6 Å². The summed E-state index contributed by atoms with van der Waals surface area (Å²) in [5.41, 5.74) is 8.11. The lowest BCUT2D eigenvalue weighted by Gasteiger charge is -2.32. The molecule has 0 bridgehead atoms. The van der Waals surface area contributed by atoms with Crippen LogP contribution in [0.25, 0.3) is 11.3 Å². The van der Waals surface area contributed by atoms with Crippen molar-refractivity contribution in [3.8, 4) is 17.0 Å². The number of aliphatic hydroxyl groups is 1. The molecule has 138 valence electrons. The molecule has 1 fully saturated rings. The van der Waals surface area contributed by atoms with E-state index in [9.17, 15) is 9.90 Å². The number of rotatable bonds is 7. The summed E-state index contributed by atoms with van der Waals surface area (Å²) < 4.78 is 5.61. The molecule has 1 saturated heterocycles. The lowest BCUT2D eigenvalue weighted by atomic mass is 9.98. The molecule has 26 heavy (non-hydrogen) atoms. The first-order chi connectivity index (χ1) is 12.7. The minimum Gasteiger partial charge on any atom is -0.483 e. The molecule has 1 atom stereocenters.